The van der Waals surface area contributed by atoms with Crippen LogP contribution in [0.25, 0.3) is 21.3 Å². The van der Waals surface area contributed by atoms with Gasteiger partial charge in [0.25, 0.3) is 5.56 Å². The summed E-state index contributed by atoms with van der Waals surface area (Å²) in [7, 11) is 0. The first-order valence-electron chi connectivity index (χ1n) is 7.46. The van der Waals surface area contributed by atoms with E-state index in [9.17, 15) is 4.79 Å². The number of aromatic nitrogens is 2. The van der Waals surface area contributed by atoms with E-state index in [-0.39, 0.29) is 5.56 Å². The van der Waals surface area contributed by atoms with Gasteiger partial charge in [-0.05, 0) is 5.56 Å². The zero-order valence-electron chi connectivity index (χ0n) is 13.2. The molecule has 5 heteroatoms. The molecule has 0 fully saturated rings. The van der Waals surface area contributed by atoms with Crippen molar-refractivity contribution in [3.05, 3.63) is 58.7 Å². The minimum Gasteiger partial charge on any atom is -0.283 e. The van der Waals surface area contributed by atoms with E-state index < -0.39 is 0 Å². The Morgan fingerprint density at radius 2 is 2.09 bits per heavy atom. The number of hydrogen-bond acceptors (Lipinski definition) is 4. The molecule has 0 aliphatic heterocycles. The number of nitrogens with zero attached hydrogens (tertiary/aromatic N) is 2. The number of benzene rings is 1. The van der Waals surface area contributed by atoms with Gasteiger partial charge in [0.1, 0.15) is 4.83 Å². The van der Waals surface area contributed by atoms with Gasteiger partial charge in [0.05, 0.1) is 5.39 Å². The molecule has 0 aliphatic rings. The Bertz CT molecular complexity index is 895. The van der Waals surface area contributed by atoms with Crippen molar-refractivity contribution in [2.24, 2.45) is 0 Å². The van der Waals surface area contributed by atoms with Gasteiger partial charge < -0.3 is 0 Å². The van der Waals surface area contributed by atoms with Crippen LogP contribution in [0.3, 0.4) is 0 Å². The van der Waals surface area contributed by atoms with Crippen molar-refractivity contribution >= 4 is 33.3 Å². The lowest BCUT2D eigenvalue weighted by molar-refractivity contribution is 0.671. The van der Waals surface area contributed by atoms with Crippen LogP contribution in [-0.2, 0) is 6.54 Å². The van der Waals surface area contributed by atoms with Crippen LogP contribution in [0.4, 0.5) is 0 Å². The zero-order valence-corrected chi connectivity index (χ0v) is 14.8. The van der Waals surface area contributed by atoms with Gasteiger partial charge in [-0.15, -0.1) is 17.9 Å². The Hall–Kier alpha value is -1.85. The highest BCUT2D eigenvalue weighted by Crippen LogP contribution is 2.32. The lowest BCUT2D eigenvalue weighted by Crippen LogP contribution is -2.23. The Labute approximate surface area is 143 Å². The topological polar surface area (TPSA) is 34.9 Å². The average molecular weight is 342 g/mol. The number of thioether (sulfide) groups is 1. The molecular formula is C18H18N2OS2. The van der Waals surface area contributed by atoms with Crippen LogP contribution in [0.15, 0.2) is 58.3 Å². The fraction of sp³-hybridized carbons (Fsp3) is 0.222. The van der Waals surface area contributed by atoms with E-state index in [4.69, 9.17) is 4.98 Å². The van der Waals surface area contributed by atoms with Gasteiger partial charge in [-0.25, -0.2) is 4.98 Å². The maximum absolute atomic E-state index is 13.0. The van der Waals surface area contributed by atoms with Crippen molar-refractivity contribution in [2.45, 2.75) is 30.8 Å². The third-order valence-electron chi connectivity index (χ3n) is 3.40. The normalized spacial score (nSPS) is 11.3. The van der Waals surface area contributed by atoms with Crippen LogP contribution >= 0.6 is 23.1 Å². The molecule has 2 heterocycles. The number of thiophene rings is 1. The van der Waals surface area contributed by atoms with Gasteiger partial charge >= 0.3 is 0 Å². The van der Waals surface area contributed by atoms with Crippen LogP contribution in [-0.4, -0.2) is 14.8 Å². The molecule has 3 nitrogen and oxygen atoms in total. The summed E-state index contributed by atoms with van der Waals surface area (Å²) < 4.78 is 1.72. The summed E-state index contributed by atoms with van der Waals surface area (Å²) in [6, 6.07) is 9.99. The quantitative estimate of drug-likeness (QED) is 0.379. The Balaban J connectivity index is 2.27. The van der Waals surface area contributed by atoms with E-state index in [0.29, 0.717) is 17.2 Å². The van der Waals surface area contributed by atoms with Crippen LogP contribution in [0.1, 0.15) is 13.8 Å². The van der Waals surface area contributed by atoms with E-state index in [2.05, 4.69) is 20.4 Å². The van der Waals surface area contributed by atoms with E-state index in [1.165, 1.54) is 11.3 Å². The molecule has 3 rings (SSSR count). The van der Waals surface area contributed by atoms with Gasteiger partial charge in [-0.3, -0.25) is 9.36 Å². The van der Waals surface area contributed by atoms with E-state index >= 15 is 0 Å². The third-order valence-corrected chi connectivity index (χ3v) is 5.26. The standard InChI is InChI=1S/C18H18N2OS2/c1-4-10-20-17(21)15-14(13-8-6-5-7-9-13)11-22-16(15)19-18(20)23-12(2)3/h4-9,11-12H,1,10H2,2-3H3. The highest BCUT2D eigenvalue weighted by molar-refractivity contribution is 7.99. The van der Waals surface area contributed by atoms with Crippen molar-refractivity contribution in [3.63, 3.8) is 0 Å². The first-order valence-corrected chi connectivity index (χ1v) is 9.22. The highest BCUT2D eigenvalue weighted by Gasteiger charge is 2.17. The molecule has 0 bridgehead atoms. The fourth-order valence-corrected chi connectivity index (χ4v) is 4.27. The maximum atomic E-state index is 13.0. The van der Waals surface area contributed by atoms with Crippen LogP contribution < -0.4 is 5.56 Å². The van der Waals surface area contributed by atoms with Gasteiger partial charge in [-0.2, -0.15) is 0 Å². The minimum atomic E-state index is 0.0122. The molecule has 2 aromatic heterocycles. The predicted molar refractivity (Wildman–Crippen MR) is 101 cm³/mol. The molecule has 0 N–H and O–H groups in total. The predicted octanol–water partition coefficient (Wildman–Crippen LogP) is 4.81. The summed E-state index contributed by atoms with van der Waals surface area (Å²) in [5, 5.41) is 3.86. The van der Waals surface area contributed by atoms with Crippen molar-refractivity contribution in [3.8, 4) is 11.1 Å². The highest BCUT2D eigenvalue weighted by atomic mass is 32.2. The monoisotopic (exact) mass is 342 g/mol. The molecule has 0 radical (unpaired) electrons. The van der Waals surface area contributed by atoms with Crippen LogP contribution in [0.2, 0.25) is 0 Å². The van der Waals surface area contributed by atoms with E-state index in [1.807, 2.05) is 35.7 Å². The number of allylic oxidation sites excluding steroid dienone is 1. The fourth-order valence-electron chi connectivity index (χ4n) is 2.43. The molecular weight excluding hydrogens is 324 g/mol. The lowest BCUT2D eigenvalue weighted by Gasteiger charge is -2.12. The number of fused-ring (bicyclic) bond motifs is 1. The average Bonchev–Trinajstić information content (AvgIpc) is 2.95. The summed E-state index contributed by atoms with van der Waals surface area (Å²) in [4.78, 5) is 18.6. The third kappa shape index (κ3) is 3.12. The molecule has 118 valence electrons. The molecule has 0 saturated heterocycles. The number of hydrogen-bond donors (Lipinski definition) is 0. The zero-order chi connectivity index (χ0) is 16.4. The number of rotatable bonds is 5. The van der Waals surface area contributed by atoms with Gasteiger partial charge in [-0.1, -0.05) is 62.0 Å². The summed E-state index contributed by atoms with van der Waals surface area (Å²) in [5.74, 6) is 0. The maximum Gasteiger partial charge on any atom is 0.263 e. The molecule has 23 heavy (non-hydrogen) atoms. The molecule has 0 atom stereocenters. The molecule has 0 unspecified atom stereocenters. The first-order chi connectivity index (χ1) is 11.1. The molecule has 0 saturated carbocycles. The first kappa shape index (κ1) is 16.0. The Morgan fingerprint density at radius 1 is 1.35 bits per heavy atom. The minimum absolute atomic E-state index is 0.0122. The van der Waals surface area contributed by atoms with Crippen LogP contribution in [0.5, 0.6) is 0 Å². The van der Waals surface area contributed by atoms with E-state index in [1.54, 1.807) is 22.4 Å². The Morgan fingerprint density at radius 3 is 2.74 bits per heavy atom. The summed E-state index contributed by atoms with van der Waals surface area (Å²) >= 11 is 3.14. The van der Waals surface area contributed by atoms with Crippen LogP contribution in [0, 0.1) is 0 Å². The summed E-state index contributed by atoms with van der Waals surface area (Å²) in [5.41, 5.74) is 2.02. The van der Waals surface area contributed by atoms with Crippen molar-refractivity contribution in [2.75, 3.05) is 0 Å². The second-order valence-electron chi connectivity index (χ2n) is 5.46. The molecule has 0 spiro atoms. The second-order valence-corrected chi connectivity index (χ2v) is 7.86. The van der Waals surface area contributed by atoms with Gasteiger partial charge in [0, 0.05) is 22.7 Å². The molecule has 0 aliphatic carbocycles. The SMILES string of the molecule is C=CCn1c(SC(C)C)nc2scc(-c3ccccc3)c2c1=O. The Kier molecular flexibility index (Phi) is 4.68. The summed E-state index contributed by atoms with van der Waals surface area (Å²) in [6.07, 6.45) is 1.74. The second kappa shape index (κ2) is 6.72. The summed E-state index contributed by atoms with van der Waals surface area (Å²) in [6.45, 7) is 8.45. The van der Waals surface area contributed by atoms with Crippen molar-refractivity contribution in [1.29, 1.82) is 0 Å². The van der Waals surface area contributed by atoms with Crippen molar-refractivity contribution in [1.82, 2.24) is 9.55 Å². The molecule has 3 aromatic rings. The van der Waals surface area contributed by atoms with Gasteiger partial charge in [0.2, 0.25) is 0 Å². The van der Waals surface area contributed by atoms with E-state index in [0.717, 1.165) is 21.1 Å². The van der Waals surface area contributed by atoms with Crippen molar-refractivity contribution < 1.29 is 0 Å². The molecule has 0 amide bonds. The largest absolute Gasteiger partial charge is 0.283 e. The van der Waals surface area contributed by atoms with Gasteiger partial charge in [0.15, 0.2) is 5.16 Å². The smallest absolute Gasteiger partial charge is 0.263 e. The lowest BCUT2D eigenvalue weighted by atomic mass is 10.1. The molecule has 1 aromatic carbocycles.